The van der Waals surface area contributed by atoms with E-state index in [9.17, 15) is 4.79 Å². The third-order valence-corrected chi connectivity index (χ3v) is 5.80. The van der Waals surface area contributed by atoms with E-state index < -0.39 is 0 Å². The highest BCUT2D eigenvalue weighted by molar-refractivity contribution is 5.99. The van der Waals surface area contributed by atoms with Gasteiger partial charge >= 0.3 is 0 Å². The largest absolute Gasteiger partial charge is 0.489 e. The monoisotopic (exact) mass is 427 g/mol. The number of benzene rings is 3. The van der Waals surface area contributed by atoms with Crippen molar-refractivity contribution in [3.8, 4) is 17.0 Å². The first kappa shape index (κ1) is 20.3. The van der Waals surface area contributed by atoms with Crippen LogP contribution in [0.25, 0.3) is 22.2 Å². The molecule has 2 N–H and O–H groups in total. The summed E-state index contributed by atoms with van der Waals surface area (Å²) in [7, 11) is 0. The number of nitrogens with one attached hydrogen (secondary N) is 2. The molecule has 1 aromatic heterocycles. The number of nitrogens with zero attached hydrogens (tertiary/aromatic N) is 1. The second kappa shape index (κ2) is 9.24. The molecular weight excluding hydrogens is 402 g/mol. The first-order chi connectivity index (χ1) is 15.8. The standard InChI is InChI=1S/C26H25N3O3/c30-26(20-12-14-31-15-13-20)27-21-8-11-24-23(16-21)25(29-28-24)19-6-9-22(10-7-19)32-17-18-4-2-1-3-5-18/h1-11,16,20H,12-15,17H2,(H,27,30)(H,28,29). The number of H-pyrrole nitrogens is 1. The molecule has 0 spiro atoms. The number of aromatic amines is 1. The van der Waals surface area contributed by atoms with Gasteiger partial charge in [-0.15, -0.1) is 0 Å². The molecule has 6 nitrogen and oxygen atoms in total. The Morgan fingerprint density at radius 2 is 1.81 bits per heavy atom. The number of aromatic nitrogens is 2. The SMILES string of the molecule is O=C(Nc1ccc2[nH]nc(-c3ccc(OCc4ccccc4)cc3)c2c1)C1CCOCC1. The Morgan fingerprint density at radius 1 is 1.03 bits per heavy atom. The number of rotatable bonds is 6. The van der Waals surface area contributed by atoms with E-state index in [-0.39, 0.29) is 11.8 Å². The summed E-state index contributed by atoms with van der Waals surface area (Å²) < 4.78 is 11.2. The summed E-state index contributed by atoms with van der Waals surface area (Å²) in [6.07, 6.45) is 1.54. The molecule has 1 aliphatic rings. The molecule has 0 saturated carbocycles. The number of carbonyl (C=O) groups excluding carboxylic acids is 1. The van der Waals surface area contributed by atoms with Crippen LogP contribution in [0.15, 0.2) is 72.8 Å². The third-order valence-electron chi connectivity index (χ3n) is 5.80. The van der Waals surface area contributed by atoms with Crippen LogP contribution in [0.3, 0.4) is 0 Å². The summed E-state index contributed by atoms with van der Waals surface area (Å²) >= 11 is 0. The van der Waals surface area contributed by atoms with E-state index >= 15 is 0 Å². The summed E-state index contributed by atoms with van der Waals surface area (Å²) in [5.41, 5.74) is 4.66. The van der Waals surface area contributed by atoms with Gasteiger partial charge in [0.05, 0.1) is 11.2 Å². The molecule has 4 aromatic rings. The van der Waals surface area contributed by atoms with E-state index in [1.54, 1.807) is 0 Å². The lowest BCUT2D eigenvalue weighted by molar-refractivity contribution is -0.122. The number of hydrogen-bond donors (Lipinski definition) is 2. The molecule has 3 aromatic carbocycles. The van der Waals surface area contributed by atoms with E-state index in [1.807, 2.05) is 72.8 Å². The summed E-state index contributed by atoms with van der Waals surface area (Å²) in [5.74, 6) is 0.867. The Labute approximate surface area is 186 Å². The second-order valence-corrected chi connectivity index (χ2v) is 8.01. The molecule has 0 aliphatic carbocycles. The molecule has 162 valence electrons. The van der Waals surface area contributed by atoms with Gasteiger partial charge in [-0.2, -0.15) is 5.10 Å². The molecule has 0 bridgehead atoms. The molecule has 5 rings (SSSR count). The molecule has 2 heterocycles. The maximum atomic E-state index is 12.6. The zero-order valence-electron chi connectivity index (χ0n) is 17.7. The smallest absolute Gasteiger partial charge is 0.227 e. The quantitative estimate of drug-likeness (QED) is 0.445. The van der Waals surface area contributed by atoms with Crippen molar-refractivity contribution >= 4 is 22.5 Å². The number of fused-ring (bicyclic) bond motifs is 1. The van der Waals surface area contributed by atoms with Crippen molar-refractivity contribution < 1.29 is 14.3 Å². The molecule has 0 atom stereocenters. The van der Waals surface area contributed by atoms with Crippen LogP contribution in [-0.2, 0) is 16.1 Å². The molecule has 0 unspecified atom stereocenters. The Morgan fingerprint density at radius 3 is 2.59 bits per heavy atom. The van der Waals surface area contributed by atoms with Gasteiger partial charge in [-0.1, -0.05) is 30.3 Å². The van der Waals surface area contributed by atoms with Crippen LogP contribution in [0.4, 0.5) is 5.69 Å². The van der Waals surface area contributed by atoms with Crippen molar-refractivity contribution in [2.75, 3.05) is 18.5 Å². The first-order valence-corrected chi connectivity index (χ1v) is 10.9. The highest BCUT2D eigenvalue weighted by Crippen LogP contribution is 2.30. The maximum Gasteiger partial charge on any atom is 0.227 e. The molecule has 1 saturated heterocycles. The van der Waals surface area contributed by atoms with Crippen molar-refractivity contribution in [2.45, 2.75) is 19.4 Å². The normalized spacial score (nSPS) is 14.4. The van der Waals surface area contributed by atoms with E-state index in [0.29, 0.717) is 19.8 Å². The van der Waals surface area contributed by atoms with Gasteiger partial charge in [0.2, 0.25) is 5.91 Å². The Kier molecular flexibility index (Phi) is 5.85. The van der Waals surface area contributed by atoms with E-state index in [0.717, 1.165) is 52.0 Å². The van der Waals surface area contributed by atoms with Crippen LogP contribution in [-0.4, -0.2) is 29.3 Å². The van der Waals surface area contributed by atoms with Crippen molar-refractivity contribution in [1.82, 2.24) is 10.2 Å². The van der Waals surface area contributed by atoms with Crippen LogP contribution >= 0.6 is 0 Å². The predicted octanol–water partition coefficient (Wildman–Crippen LogP) is 5.17. The second-order valence-electron chi connectivity index (χ2n) is 8.01. The topological polar surface area (TPSA) is 76.2 Å². The summed E-state index contributed by atoms with van der Waals surface area (Å²) in [6, 6.07) is 23.8. The van der Waals surface area contributed by atoms with Crippen LogP contribution in [0, 0.1) is 5.92 Å². The summed E-state index contributed by atoms with van der Waals surface area (Å²) in [4.78, 5) is 12.6. The average molecular weight is 428 g/mol. The fourth-order valence-electron chi connectivity index (χ4n) is 3.97. The lowest BCUT2D eigenvalue weighted by atomic mass is 9.99. The van der Waals surface area contributed by atoms with Crippen molar-refractivity contribution in [3.63, 3.8) is 0 Å². The molecule has 32 heavy (non-hydrogen) atoms. The van der Waals surface area contributed by atoms with Gasteiger partial charge in [-0.25, -0.2) is 0 Å². The Bertz CT molecular complexity index is 1200. The molecule has 1 fully saturated rings. The van der Waals surface area contributed by atoms with E-state index in [4.69, 9.17) is 9.47 Å². The van der Waals surface area contributed by atoms with Gasteiger partial charge in [0.1, 0.15) is 12.4 Å². The van der Waals surface area contributed by atoms with Crippen molar-refractivity contribution in [2.24, 2.45) is 5.92 Å². The molecule has 1 aliphatic heterocycles. The van der Waals surface area contributed by atoms with Gasteiger partial charge in [0, 0.05) is 35.8 Å². The zero-order chi connectivity index (χ0) is 21.8. The first-order valence-electron chi connectivity index (χ1n) is 10.9. The van der Waals surface area contributed by atoms with Crippen LogP contribution in [0.2, 0.25) is 0 Å². The lowest BCUT2D eigenvalue weighted by Crippen LogP contribution is -2.28. The fourth-order valence-corrected chi connectivity index (χ4v) is 3.97. The minimum atomic E-state index is 0.00620. The lowest BCUT2D eigenvalue weighted by Gasteiger charge is -2.21. The van der Waals surface area contributed by atoms with Crippen LogP contribution in [0.5, 0.6) is 5.75 Å². The maximum absolute atomic E-state index is 12.6. The number of carbonyl (C=O) groups is 1. The average Bonchev–Trinajstić information content (AvgIpc) is 3.27. The summed E-state index contributed by atoms with van der Waals surface area (Å²) in [5, 5.41) is 11.6. The highest BCUT2D eigenvalue weighted by Gasteiger charge is 2.21. The van der Waals surface area contributed by atoms with Crippen molar-refractivity contribution in [3.05, 3.63) is 78.4 Å². The molecule has 0 radical (unpaired) electrons. The van der Waals surface area contributed by atoms with Gasteiger partial charge in [0.15, 0.2) is 0 Å². The van der Waals surface area contributed by atoms with Gasteiger partial charge in [-0.05, 0) is 60.9 Å². The zero-order valence-corrected chi connectivity index (χ0v) is 17.7. The number of ether oxygens (including phenoxy) is 2. The highest BCUT2D eigenvalue weighted by atomic mass is 16.5. The molecule has 6 heteroatoms. The summed E-state index contributed by atoms with van der Waals surface area (Å²) in [6.45, 7) is 1.82. The van der Waals surface area contributed by atoms with Crippen LogP contribution < -0.4 is 10.1 Å². The minimum Gasteiger partial charge on any atom is -0.489 e. The number of anilines is 1. The fraction of sp³-hybridized carbons (Fsp3) is 0.231. The Hall–Kier alpha value is -3.64. The number of hydrogen-bond acceptors (Lipinski definition) is 4. The molecule has 1 amide bonds. The van der Waals surface area contributed by atoms with Crippen molar-refractivity contribution in [1.29, 1.82) is 0 Å². The van der Waals surface area contributed by atoms with Crippen LogP contribution in [0.1, 0.15) is 18.4 Å². The van der Waals surface area contributed by atoms with Gasteiger partial charge in [-0.3, -0.25) is 9.89 Å². The van der Waals surface area contributed by atoms with E-state index in [1.165, 1.54) is 0 Å². The Balaban J connectivity index is 1.31. The van der Waals surface area contributed by atoms with Gasteiger partial charge < -0.3 is 14.8 Å². The van der Waals surface area contributed by atoms with Gasteiger partial charge in [0.25, 0.3) is 0 Å². The third kappa shape index (κ3) is 4.50. The number of amides is 1. The molecular formula is C26H25N3O3. The minimum absolute atomic E-state index is 0.00620. The predicted molar refractivity (Wildman–Crippen MR) is 124 cm³/mol. The van der Waals surface area contributed by atoms with E-state index in [2.05, 4.69) is 15.5 Å².